The molecule has 2 aliphatic rings. The number of azide groups is 2. The molecule has 37 heteroatoms. The van der Waals surface area contributed by atoms with Crippen molar-refractivity contribution in [3.05, 3.63) is 92.7 Å². The van der Waals surface area contributed by atoms with E-state index in [2.05, 4.69) is 61.3 Å². The number of cyclic esters (lactones) is 4. The number of benzene rings is 2. The van der Waals surface area contributed by atoms with Gasteiger partial charge in [-0.3, -0.25) is 38.4 Å². The number of alkyl carbamates (subject to hydrolysis) is 2. The molecule has 0 aliphatic carbocycles. The summed E-state index contributed by atoms with van der Waals surface area (Å²) in [5.74, 6) is -9.39. The molecular weight excluding hydrogens is 1260 g/mol. The monoisotopic (exact) mass is 1340 g/mol. The molecule has 94 heavy (non-hydrogen) atoms. The minimum absolute atomic E-state index is 0.0250. The Balaban J connectivity index is 0. The number of quaternary nitrogens is 1. The molecule has 5 atom stereocenters. The smallest absolute Gasteiger partial charge is 0.415 e. The Morgan fingerprint density at radius 2 is 1.10 bits per heavy atom. The highest BCUT2D eigenvalue weighted by Gasteiger charge is 2.37. The zero-order valence-electron chi connectivity index (χ0n) is 53.3. The van der Waals surface area contributed by atoms with Crippen LogP contribution in [0.15, 0.2) is 70.9 Å². The van der Waals surface area contributed by atoms with Crippen LogP contribution in [0.2, 0.25) is 0 Å². The van der Waals surface area contributed by atoms with Crippen molar-refractivity contribution in [1.82, 2.24) is 21.3 Å². The lowest BCUT2D eigenvalue weighted by atomic mass is 9.92. The highest BCUT2D eigenvalue weighted by molar-refractivity contribution is 5.98. The molecule has 2 heterocycles. The number of aliphatic hydroxyl groups is 1. The summed E-state index contributed by atoms with van der Waals surface area (Å²) < 4.78 is 64.2. The first-order valence-electron chi connectivity index (χ1n) is 28.3. The van der Waals surface area contributed by atoms with Crippen molar-refractivity contribution in [2.45, 2.75) is 149 Å². The fraction of sp³-hybridized carbons (Fsp3) is 0.561. The number of nitrogens with one attached hydrogen (secondary N) is 4. The zero-order chi connectivity index (χ0) is 71.8. The van der Waals surface area contributed by atoms with Gasteiger partial charge < -0.3 is 84.6 Å². The number of rotatable bonds is 29. The predicted octanol–water partition coefficient (Wildman–Crippen LogP) is 1.93. The van der Waals surface area contributed by atoms with Gasteiger partial charge in [0.05, 0.1) is 76.7 Å². The summed E-state index contributed by atoms with van der Waals surface area (Å²) in [6.07, 6.45) is -7.69. The molecule has 2 aliphatic heterocycles. The number of nitrogens with zero attached hydrogens (tertiary/aromatic N) is 6. The van der Waals surface area contributed by atoms with Gasteiger partial charge in [-0.05, 0) is 70.2 Å². The van der Waals surface area contributed by atoms with Crippen molar-refractivity contribution in [3.8, 4) is 0 Å². The van der Waals surface area contributed by atoms with E-state index in [-0.39, 0.29) is 71.6 Å². The summed E-state index contributed by atoms with van der Waals surface area (Å²) in [6, 6.07) is 15.3. The van der Waals surface area contributed by atoms with E-state index >= 15 is 0 Å². The Bertz CT molecular complexity index is 2840. The lowest BCUT2D eigenvalue weighted by Crippen LogP contribution is -2.52. The number of hydrogen-bond acceptors (Lipinski definition) is 26. The molecule has 4 rings (SSSR count). The van der Waals surface area contributed by atoms with Crippen LogP contribution in [0.1, 0.15) is 106 Å². The summed E-state index contributed by atoms with van der Waals surface area (Å²) in [5.41, 5.74) is 19.9. The van der Waals surface area contributed by atoms with Crippen LogP contribution < -0.4 is 32.1 Å². The Kier molecular flexibility index (Phi) is 44.7. The van der Waals surface area contributed by atoms with Gasteiger partial charge >= 0.3 is 59.9 Å². The first-order chi connectivity index (χ1) is 44.0. The zero-order valence-corrected chi connectivity index (χ0v) is 53.3. The maximum Gasteiger partial charge on any atom is 0.415 e. The van der Waals surface area contributed by atoms with Crippen molar-refractivity contribution < 1.29 is 130 Å². The van der Waals surface area contributed by atoms with Gasteiger partial charge in [0, 0.05) is 50.2 Å². The number of ether oxygens (including phenoxy) is 9. The highest BCUT2D eigenvalue weighted by Crippen LogP contribution is 2.20. The number of amides is 4. The predicted molar refractivity (Wildman–Crippen MR) is 315 cm³/mol. The third kappa shape index (κ3) is 48.9. The number of carboxylic acids is 1. The van der Waals surface area contributed by atoms with Crippen LogP contribution in [0.4, 0.5) is 18.4 Å². The molecule has 2 aromatic carbocycles. The molecule has 35 nitrogen and oxygen atoms in total. The lowest BCUT2D eigenvalue weighted by molar-refractivity contribution is -0.374. The normalized spacial score (nSPS) is 14.3. The van der Waals surface area contributed by atoms with E-state index in [1.54, 1.807) is 65.8 Å². The number of aliphatic carboxylic acids is 1. The third-order valence-corrected chi connectivity index (χ3v) is 10.3. The van der Waals surface area contributed by atoms with Crippen LogP contribution in [0.3, 0.4) is 0 Å². The van der Waals surface area contributed by atoms with Gasteiger partial charge in [-0.15, -0.1) is 0 Å². The van der Waals surface area contributed by atoms with E-state index in [9.17, 15) is 71.4 Å². The third-order valence-electron chi connectivity index (χ3n) is 10.3. The van der Waals surface area contributed by atoms with E-state index in [1.165, 1.54) is 20.8 Å². The number of hydrogen-bond donors (Lipinski definition) is 6. The van der Waals surface area contributed by atoms with E-state index in [1.807, 2.05) is 36.4 Å². The van der Waals surface area contributed by atoms with E-state index in [0.29, 0.717) is 19.8 Å². The molecule has 0 saturated carbocycles. The minimum Gasteiger partial charge on any atom is -0.544 e. The maximum absolute atomic E-state index is 12.9. The summed E-state index contributed by atoms with van der Waals surface area (Å²) in [4.78, 5) is 149. The van der Waals surface area contributed by atoms with Crippen molar-refractivity contribution in [2.24, 2.45) is 16.1 Å². The van der Waals surface area contributed by atoms with Crippen molar-refractivity contribution >= 4 is 77.7 Å². The second kappa shape index (κ2) is 48.8. The second-order valence-electron chi connectivity index (χ2n) is 20.9. The van der Waals surface area contributed by atoms with E-state index in [0.717, 1.165) is 17.7 Å². The average molecular weight is 1340 g/mol. The number of esters is 8. The maximum atomic E-state index is 12.9. The number of carboxylic acid groups (broad SMARTS) is 1. The molecule has 8 N–H and O–H groups in total. The lowest BCUT2D eigenvalue weighted by Gasteiger charge is -2.27. The molecule has 2 fully saturated rings. The van der Waals surface area contributed by atoms with Crippen LogP contribution in [0.5, 0.6) is 0 Å². The van der Waals surface area contributed by atoms with Crippen LogP contribution in [0.25, 0.3) is 20.9 Å². The van der Waals surface area contributed by atoms with Crippen LogP contribution >= 0.6 is 0 Å². The molecule has 1 unspecified atom stereocenters. The highest BCUT2D eigenvalue weighted by atomic mass is 19.3. The van der Waals surface area contributed by atoms with Gasteiger partial charge in [-0.1, -0.05) is 70.9 Å². The topological polar surface area (TPSA) is 522 Å². The molecule has 2 saturated heterocycles. The molecule has 0 radical (unpaired) electrons. The largest absolute Gasteiger partial charge is 0.544 e. The van der Waals surface area contributed by atoms with Crippen LogP contribution in [-0.2, 0) is 109 Å². The van der Waals surface area contributed by atoms with Gasteiger partial charge in [0.1, 0.15) is 42.5 Å². The Morgan fingerprint density at radius 1 is 0.670 bits per heavy atom. The van der Waals surface area contributed by atoms with Gasteiger partial charge in [-0.2, -0.15) is 0 Å². The van der Waals surface area contributed by atoms with Crippen LogP contribution in [-0.4, -0.2) is 177 Å². The fourth-order valence-electron chi connectivity index (χ4n) is 6.61. The molecule has 522 valence electrons. The summed E-state index contributed by atoms with van der Waals surface area (Å²) in [6.45, 7) is 16.9. The average Bonchev–Trinajstić information content (AvgIpc) is 1.61. The van der Waals surface area contributed by atoms with Gasteiger partial charge in [0.15, 0.2) is 0 Å². The Morgan fingerprint density at radius 3 is 1.47 bits per heavy atom. The molecule has 0 spiro atoms. The molecule has 0 aromatic heterocycles. The molecule has 4 amide bonds. The number of halogens is 2. The van der Waals surface area contributed by atoms with Crippen molar-refractivity contribution in [3.63, 3.8) is 0 Å². The standard InChI is InChI=1S/C26H39N5O8.C12H11NO5.C9H13NO5.C4H10N4O.C4H6O3.C2H2F2O2/c1-18(32)30-21(16-23(34)38-17-19-8-6-5-7-9-19)22(33)14-20(15-24(35)39-26(2,3)4)25(36)28-10-12-37-13-11-29-31-27;14-10(6-9-11(15)18-12(16)13-9)17-7-8-4-2-1-3-5-8;1-9(2,3)15-6(11)4-5-7(12)14-8(13)10-5;5-1-3-9-4-2-7-8-6;1-3(5)7-4(2)6;3-1(4)2(5)6/h5-9,20-22,33H,10-17H2,1-4H3,(H,28,36)(H,30,32);1-5,9H,6-7H2,(H,13,16);5H,4H2,1-3H3,(H,10,13);1-5H2;1-2H3;1H,(H,5,6)/t20-,21-,22?;9-;5-;;;/m000.../s1. The van der Waals surface area contributed by atoms with Gasteiger partial charge in [-0.25, -0.2) is 28.0 Å². The van der Waals surface area contributed by atoms with E-state index in [4.69, 9.17) is 49.4 Å². The van der Waals surface area contributed by atoms with E-state index < -0.39 is 125 Å². The van der Waals surface area contributed by atoms with Gasteiger partial charge in [0.25, 0.3) is 6.43 Å². The van der Waals surface area contributed by atoms with Crippen LogP contribution in [0, 0.1) is 5.92 Å². The van der Waals surface area contributed by atoms with Gasteiger partial charge in [0.2, 0.25) is 11.8 Å². The second-order valence-corrected chi connectivity index (χ2v) is 20.9. The molecular formula is C57H81F2N11O24. The van der Waals surface area contributed by atoms with Crippen molar-refractivity contribution in [2.75, 3.05) is 52.6 Å². The SMILES string of the molecule is CC(=O)N[C@@H](CC(=O)OCc1ccccc1)C(O)C[C@@H](CC(=O)OC(C)(C)C)C(=O)NCCOCCN=[N+]=[N-].CC(=O)OC(C)=O.CC(C)(C)OC(=O)C[C@@H]1NC(=O)OC1=O.O=C(C[C@@H]1NC(=O)OC1=O)OCc1ccccc1.O=C([O-])C(F)F.[N-]=[N+]=NCCOCC[NH3+]. The number of carbonyl (C=O) groups excluding carboxylic acids is 13. The minimum atomic E-state index is -3.34. The summed E-state index contributed by atoms with van der Waals surface area (Å²) >= 11 is 0. The Hall–Kier alpha value is -9.93. The molecule has 2 aromatic rings. The Labute approximate surface area is 538 Å². The fourth-order valence-corrected chi connectivity index (χ4v) is 6.61. The first-order valence-corrected chi connectivity index (χ1v) is 28.3. The number of aliphatic hydroxyl groups excluding tert-OH is 1. The quantitative estimate of drug-likeness (QED) is 0.0129. The molecule has 0 bridgehead atoms. The first kappa shape index (κ1) is 86.1. The number of alkyl halides is 2. The van der Waals surface area contributed by atoms with Crippen molar-refractivity contribution in [1.29, 1.82) is 0 Å². The summed E-state index contributed by atoms with van der Waals surface area (Å²) in [5, 5.41) is 36.0. The number of carbonyl (C=O) groups is 13. The summed E-state index contributed by atoms with van der Waals surface area (Å²) in [7, 11) is 0.